The predicted molar refractivity (Wildman–Crippen MR) is 71.3 cm³/mol. The zero-order chi connectivity index (χ0) is 12.8. The van der Waals surface area contributed by atoms with E-state index in [1.807, 2.05) is 36.4 Å². The van der Waals surface area contributed by atoms with Gasteiger partial charge in [-0.1, -0.05) is 29.4 Å². The van der Waals surface area contributed by atoms with Crippen LogP contribution < -0.4 is 4.74 Å². The van der Waals surface area contributed by atoms with Crippen molar-refractivity contribution in [3.8, 4) is 5.75 Å². The van der Waals surface area contributed by atoms with E-state index in [1.54, 1.807) is 0 Å². The zero-order valence-electron chi connectivity index (χ0n) is 10.2. The van der Waals surface area contributed by atoms with Gasteiger partial charge in [-0.25, -0.2) is 0 Å². The van der Waals surface area contributed by atoms with E-state index in [2.05, 4.69) is 24.2 Å². The number of hydrogen-bond donors (Lipinski definition) is 1. The van der Waals surface area contributed by atoms with E-state index in [0.717, 1.165) is 11.3 Å². The molecular formula is C15H15NO2. The summed E-state index contributed by atoms with van der Waals surface area (Å²) < 4.78 is 5.70. The van der Waals surface area contributed by atoms with Gasteiger partial charge in [0.05, 0.1) is 6.21 Å². The molecule has 0 fully saturated rings. The average Bonchev–Trinajstić information content (AvgIpc) is 2.40. The lowest BCUT2D eigenvalue weighted by atomic mass is 10.1. The fourth-order valence-electron chi connectivity index (χ4n) is 1.65. The van der Waals surface area contributed by atoms with Crippen LogP contribution in [-0.4, -0.2) is 11.4 Å². The molecule has 0 aliphatic rings. The molecule has 0 aliphatic carbocycles. The second-order valence-electron chi connectivity index (χ2n) is 4.03. The highest BCUT2D eigenvalue weighted by Gasteiger charge is 1.98. The molecule has 0 radical (unpaired) electrons. The third-order valence-corrected chi connectivity index (χ3v) is 2.74. The Labute approximate surface area is 106 Å². The van der Waals surface area contributed by atoms with E-state index in [0.29, 0.717) is 6.61 Å². The number of rotatable bonds is 4. The number of benzene rings is 2. The molecule has 0 saturated heterocycles. The number of oxime groups is 1. The van der Waals surface area contributed by atoms with E-state index in [4.69, 9.17) is 9.94 Å². The lowest BCUT2D eigenvalue weighted by Crippen LogP contribution is -1.97. The molecular weight excluding hydrogens is 226 g/mol. The van der Waals surface area contributed by atoms with Crippen LogP contribution in [0.2, 0.25) is 0 Å². The maximum atomic E-state index is 8.41. The topological polar surface area (TPSA) is 41.8 Å². The van der Waals surface area contributed by atoms with Crippen molar-refractivity contribution in [2.24, 2.45) is 5.16 Å². The second-order valence-corrected chi connectivity index (χ2v) is 4.03. The highest BCUT2D eigenvalue weighted by molar-refractivity contribution is 5.79. The van der Waals surface area contributed by atoms with Crippen LogP contribution in [0.3, 0.4) is 0 Å². The number of aryl methyl sites for hydroxylation is 1. The van der Waals surface area contributed by atoms with Crippen LogP contribution in [0.1, 0.15) is 16.7 Å². The number of hydrogen-bond acceptors (Lipinski definition) is 3. The number of nitrogens with zero attached hydrogens (tertiary/aromatic N) is 1. The van der Waals surface area contributed by atoms with Crippen molar-refractivity contribution in [2.75, 3.05) is 0 Å². The van der Waals surface area contributed by atoms with Gasteiger partial charge in [-0.3, -0.25) is 0 Å². The molecule has 0 unspecified atom stereocenters. The Hall–Kier alpha value is -2.29. The number of ether oxygens (including phenoxy) is 1. The molecule has 1 N–H and O–H groups in total. The Balaban J connectivity index is 2.00. The first kappa shape index (κ1) is 12.2. The average molecular weight is 241 g/mol. The Morgan fingerprint density at radius 3 is 2.50 bits per heavy atom. The fraction of sp³-hybridized carbons (Fsp3) is 0.133. The van der Waals surface area contributed by atoms with Gasteiger partial charge in [-0.15, -0.1) is 0 Å². The summed E-state index contributed by atoms with van der Waals surface area (Å²) in [5.74, 6) is 0.799. The van der Waals surface area contributed by atoms with Gasteiger partial charge in [0.1, 0.15) is 12.4 Å². The van der Waals surface area contributed by atoms with Gasteiger partial charge in [-0.05, 0) is 47.9 Å². The van der Waals surface area contributed by atoms with Crippen molar-refractivity contribution in [1.82, 2.24) is 0 Å². The normalized spacial score (nSPS) is 10.7. The Bertz CT molecular complexity index is 532. The van der Waals surface area contributed by atoms with E-state index >= 15 is 0 Å². The summed E-state index contributed by atoms with van der Waals surface area (Å²) in [5, 5.41) is 11.4. The first-order valence-corrected chi connectivity index (χ1v) is 5.74. The van der Waals surface area contributed by atoms with Crippen LogP contribution >= 0.6 is 0 Å². The van der Waals surface area contributed by atoms with E-state index < -0.39 is 0 Å². The monoisotopic (exact) mass is 241 g/mol. The lowest BCUT2D eigenvalue weighted by Gasteiger charge is -2.08. The summed E-state index contributed by atoms with van der Waals surface area (Å²) >= 11 is 0. The molecule has 2 aromatic carbocycles. The van der Waals surface area contributed by atoms with Crippen LogP contribution in [0.5, 0.6) is 5.75 Å². The quantitative estimate of drug-likeness (QED) is 0.506. The summed E-state index contributed by atoms with van der Waals surface area (Å²) in [6.07, 6.45) is 1.38. The molecule has 0 bridgehead atoms. The molecule has 2 aromatic rings. The smallest absolute Gasteiger partial charge is 0.119 e. The van der Waals surface area contributed by atoms with Gasteiger partial charge in [0.2, 0.25) is 0 Å². The molecule has 0 spiro atoms. The van der Waals surface area contributed by atoms with Gasteiger partial charge in [0.25, 0.3) is 0 Å². The minimum atomic E-state index is 0.556. The predicted octanol–water partition coefficient (Wildman–Crippen LogP) is 3.38. The van der Waals surface area contributed by atoms with Crippen molar-refractivity contribution in [1.29, 1.82) is 0 Å². The first-order chi connectivity index (χ1) is 8.79. The van der Waals surface area contributed by atoms with Crippen molar-refractivity contribution in [3.63, 3.8) is 0 Å². The third kappa shape index (κ3) is 3.10. The summed E-state index contributed by atoms with van der Waals surface area (Å²) in [7, 11) is 0. The van der Waals surface area contributed by atoms with E-state index in [1.165, 1.54) is 17.3 Å². The van der Waals surface area contributed by atoms with Gasteiger partial charge in [0.15, 0.2) is 0 Å². The largest absolute Gasteiger partial charge is 0.489 e. The molecule has 0 aliphatic heterocycles. The Morgan fingerprint density at radius 1 is 1.11 bits per heavy atom. The molecule has 2 rings (SSSR count). The van der Waals surface area contributed by atoms with Gasteiger partial charge < -0.3 is 9.94 Å². The summed E-state index contributed by atoms with van der Waals surface area (Å²) in [6, 6.07) is 15.5. The van der Waals surface area contributed by atoms with Crippen LogP contribution in [0.4, 0.5) is 0 Å². The Morgan fingerprint density at radius 2 is 1.83 bits per heavy atom. The van der Waals surface area contributed by atoms with Crippen molar-refractivity contribution in [2.45, 2.75) is 13.5 Å². The SMILES string of the molecule is Cc1ccccc1COc1ccc(/C=N\O)cc1. The van der Waals surface area contributed by atoms with E-state index in [-0.39, 0.29) is 0 Å². The lowest BCUT2D eigenvalue weighted by molar-refractivity contribution is 0.305. The minimum absolute atomic E-state index is 0.556. The molecule has 0 aromatic heterocycles. The molecule has 0 atom stereocenters. The first-order valence-electron chi connectivity index (χ1n) is 5.74. The molecule has 18 heavy (non-hydrogen) atoms. The zero-order valence-corrected chi connectivity index (χ0v) is 10.2. The van der Waals surface area contributed by atoms with Crippen LogP contribution in [0, 0.1) is 6.92 Å². The summed E-state index contributed by atoms with van der Waals surface area (Å²) in [4.78, 5) is 0. The van der Waals surface area contributed by atoms with Crippen molar-refractivity contribution >= 4 is 6.21 Å². The van der Waals surface area contributed by atoms with Crippen LogP contribution in [0.25, 0.3) is 0 Å². The van der Waals surface area contributed by atoms with Gasteiger partial charge in [-0.2, -0.15) is 0 Å². The molecule has 3 heteroatoms. The van der Waals surface area contributed by atoms with Gasteiger partial charge >= 0.3 is 0 Å². The second kappa shape index (κ2) is 5.87. The minimum Gasteiger partial charge on any atom is -0.489 e. The molecule has 0 amide bonds. The standard InChI is InChI=1S/C15H15NO2/c1-12-4-2-3-5-14(12)11-18-15-8-6-13(7-9-15)10-16-17/h2-10,17H,11H2,1H3/b16-10-. The molecule has 0 saturated carbocycles. The highest BCUT2D eigenvalue weighted by atomic mass is 16.5. The highest BCUT2D eigenvalue weighted by Crippen LogP contribution is 2.15. The summed E-state index contributed by atoms with van der Waals surface area (Å²) in [6.45, 7) is 2.62. The van der Waals surface area contributed by atoms with Gasteiger partial charge in [0, 0.05) is 0 Å². The van der Waals surface area contributed by atoms with Crippen molar-refractivity contribution < 1.29 is 9.94 Å². The maximum Gasteiger partial charge on any atom is 0.119 e. The Kier molecular flexibility index (Phi) is 3.97. The van der Waals surface area contributed by atoms with Crippen molar-refractivity contribution in [3.05, 3.63) is 65.2 Å². The van der Waals surface area contributed by atoms with Crippen LogP contribution in [-0.2, 0) is 6.61 Å². The fourth-order valence-corrected chi connectivity index (χ4v) is 1.65. The molecule has 92 valence electrons. The van der Waals surface area contributed by atoms with Crippen LogP contribution in [0.15, 0.2) is 53.7 Å². The van der Waals surface area contributed by atoms with E-state index in [9.17, 15) is 0 Å². The molecule has 3 nitrogen and oxygen atoms in total. The summed E-state index contributed by atoms with van der Waals surface area (Å²) in [5.41, 5.74) is 3.24. The molecule has 0 heterocycles. The maximum absolute atomic E-state index is 8.41. The third-order valence-electron chi connectivity index (χ3n) is 2.74.